The lowest BCUT2D eigenvalue weighted by Crippen LogP contribution is -2.45. The van der Waals surface area contributed by atoms with Crippen molar-refractivity contribution in [3.63, 3.8) is 0 Å². The Morgan fingerprint density at radius 2 is 1.90 bits per heavy atom. The molecule has 0 bridgehead atoms. The molecular formula is C13H23F3IN3O. The van der Waals surface area contributed by atoms with Crippen LogP contribution in [0.15, 0.2) is 4.99 Å². The van der Waals surface area contributed by atoms with Crippen LogP contribution >= 0.6 is 24.0 Å². The van der Waals surface area contributed by atoms with E-state index in [4.69, 9.17) is 10.5 Å². The second-order valence-electron chi connectivity index (χ2n) is 5.57. The summed E-state index contributed by atoms with van der Waals surface area (Å²) in [5, 5.41) is 0. The van der Waals surface area contributed by atoms with Gasteiger partial charge in [0.05, 0.1) is 19.1 Å². The van der Waals surface area contributed by atoms with Crippen molar-refractivity contribution >= 4 is 29.9 Å². The van der Waals surface area contributed by atoms with E-state index in [2.05, 4.69) is 4.99 Å². The van der Waals surface area contributed by atoms with Crippen molar-refractivity contribution in [3.05, 3.63) is 0 Å². The molecule has 0 radical (unpaired) electrons. The molecule has 1 aliphatic heterocycles. The van der Waals surface area contributed by atoms with Gasteiger partial charge in [-0.2, -0.15) is 13.2 Å². The van der Waals surface area contributed by atoms with Crippen LogP contribution in [0.1, 0.15) is 25.7 Å². The van der Waals surface area contributed by atoms with Crippen molar-refractivity contribution in [1.29, 1.82) is 0 Å². The predicted octanol–water partition coefficient (Wildman–Crippen LogP) is 2.62. The third kappa shape index (κ3) is 5.80. The standard InChI is InChI=1S/C13H22F3N3O.HI/c14-13(15,16)11-3-1-2-10(8-11)9-18-12(17)19-4-6-20-7-5-19;/h10-11H,1-9H2,(H2,17,18);1H. The van der Waals surface area contributed by atoms with Crippen LogP contribution in [0.3, 0.4) is 0 Å². The quantitative estimate of drug-likeness (QED) is 0.424. The molecule has 4 nitrogen and oxygen atoms in total. The molecule has 2 fully saturated rings. The van der Waals surface area contributed by atoms with E-state index in [1.807, 2.05) is 4.90 Å². The number of nitrogens with zero attached hydrogens (tertiary/aromatic N) is 2. The summed E-state index contributed by atoms with van der Waals surface area (Å²) in [6, 6.07) is 0. The predicted molar refractivity (Wildman–Crippen MR) is 85.8 cm³/mol. The first kappa shape index (κ1) is 18.8. The van der Waals surface area contributed by atoms with Crippen LogP contribution < -0.4 is 5.73 Å². The molecule has 0 spiro atoms. The fraction of sp³-hybridized carbons (Fsp3) is 0.923. The summed E-state index contributed by atoms with van der Waals surface area (Å²) >= 11 is 0. The van der Waals surface area contributed by atoms with Gasteiger partial charge in [0.2, 0.25) is 0 Å². The molecule has 0 aromatic rings. The molecule has 1 heterocycles. The van der Waals surface area contributed by atoms with Crippen LogP contribution in [0.25, 0.3) is 0 Å². The molecule has 1 aliphatic carbocycles. The Kier molecular flexibility index (Phi) is 7.52. The minimum atomic E-state index is -4.07. The highest BCUT2D eigenvalue weighted by atomic mass is 127. The molecule has 0 aromatic heterocycles. The summed E-state index contributed by atoms with van der Waals surface area (Å²) in [6.45, 7) is 3.04. The van der Waals surface area contributed by atoms with Crippen molar-refractivity contribution < 1.29 is 17.9 Å². The molecular weight excluding hydrogens is 398 g/mol. The van der Waals surface area contributed by atoms with Crippen LogP contribution in [0.2, 0.25) is 0 Å². The molecule has 8 heteroatoms. The van der Waals surface area contributed by atoms with Gasteiger partial charge in [-0.3, -0.25) is 4.99 Å². The number of halogens is 4. The van der Waals surface area contributed by atoms with Gasteiger partial charge in [-0.1, -0.05) is 6.42 Å². The number of guanidine groups is 1. The Morgan fingerprint density at radius 1 is 1.24 bits per heavy atom. The van der Waals surface area contributed by atoms with Crippen LogP contribution in [-0.2, 0) is 4.74 Å². The van der Waals surface area contributed by atoms with E-state index in [1.54, 1.807) is 0 Å². The second kappa shape index (κ2) is 8.40. The van der Waals surface area contributed by atoms with Gasteiger partial charge in [-0.25, -0.2) is 0 Å². The SMILES string of the molecule is I.NC(=NCC1CCCC(C(F)(F)F)C1)N1CCOCC1. The first-order chi connectivity index (χ1) is 9.47. The summed E-state index contributed by atoms with van der Waals surface area (Å²) in [5.74, 6) is -0.738. The summed E-state index contributed by atoms with van der Waals surface area (Å²) in [6.07, 6.45) is -2.20. The number of morpholine rings is 1. The maximum Gasteiger partial charge on any atom is 0.391 e. The van der Waals surface area contributed by atoms with Crippen LogP contribution in [-0.4, -0.2) is 49.9 Å². The average Bonchev–Trinajstić information content (AvgIpc) is 2.45. The zero-order chi connectivity index (χ0) is 14.6. The molecule has 2 rings (SSSR count). The highest BCUT2D eigenvalue weighted by Crippen LogP contribution is 2.39. The van der Waals surface area contributed by atoms with Crippen molar-refractivity contribution in [2.45, 2.75) is 31.9 Å². The van der Waals surface area contributed by atoms with Gasteiger partial charge in [0.1, 0.15) is 0 Å². The summed E-state index contributed by atoms with van der Waals surface area (Å²) in [4.78, 5) is 6.21. The number of nitrogens with two attached hydrogens (primary N) is 1. The van der Waals surface area contributed by atoms with Crippen molar-refractivity contribution in [3.8, 4) is 0 Å². The minimum absolute atomic E-state index is 0. The number of alkyl halides is 3. The van der Waals surface area contributed by atoms with Gasteiger partial charge in [-0.05, 0) is 25.2 Å². The monoisotopic (exact) mass is 421 g/mol. The number of rotatable bonds is 2. The first-order valence-corrected chi connectivity index (χ1v) is 7.16. The van der Waals surface area contributed by atoms with Gasteiger partial charge in [0.15, 0.2) is 5.96 Å². The molecule has 1 saturated carbocycles. The molecule has 124 valence electrons. The smallest absolute Gasteiger partial charge is 0.378 e. The zero-order valence-corrected chi connectivity index (χ0v) is 14.3. The average molecular weight is 421 g/mol. The molecule has 0 aromatic carbocycles. The first-order valence-electron chi connectivity index (χ1n) is 7.16. The summed E-state index contributed by atoms with van der Waals surface area (Å²) < 4.78 is 43.4. The Balaban J connectivity index is 0.00000220. The normalized spacial score (nSPS) is 28.1. The van der Waals surface area contributed by atoms with Gasteiger partial charge >= 0.3 is 6.18 Å². The van der Waals surface area contributed by atoms with E-state index < -0.39 is 12.1 Å². The highest BCUT2D eigenvalue weighted by Gasteiger charge is 2.41. The minimum Gasteiger partial charge on any atom is -0.378 e. The van der Waals surface area contributed by atoms with Crippen LogP contribution in [0.5, 0.6) is 0 Å². The molecule has 1 saturated heterocycles. The molecule has 2 unspecified atom stereocenters. The van der Waals surface area contributed by atoms with Gasteiger partial charge in [0, 0.05) is 19.6 Å². The van der Waals surface area contributed by atoms with Crippen LogP contribution in [0, 0.1) is 11.8 Å². The van der Waals surface area contributed by atoms with E-state index in [1.165, 1.54) is 0 Å². The molecule has 0 amide bonds. The zero-order valence-electron chi connectivity index (χ0n) is 11.9. The van der Waals surface area contributed by atoms with E-state index >= 15 is 0 Å². The van der Waals surface area contributed by atoms with Gasteiger partial charge < -0.3 is 15.4 Å². The molecule has 2 atom stereocenters. The van der Waals surface area contributed by atoms with Crippen molar-refractivity contribution in [2.75, 3.05) is 32.8 Å². The fourth-order valence-corrected chi connectivity index (χ4v) is 2.87. The lowest BCUT2D eigenvalue weighted by Gasteiger charge is -2.31. The maximum atomic E-state index is 12.7. The Labute approximate surface area is 140 Å². The summed E-state index contributed by atoms with van der Waals surface area (Å²) in [5.41, 5.74) is 5.88. The highest BCUT2D eigenvalue weighted by molar-refractivity contribution is 14.0. The molecule has 2 aliphatic rings. The van der Waals surface area contributed by atoms with Gasteiger partial charge in [0.25, 0.3) is 0 Å². The Morgan fingerprint density at radius 3 is 2.52 bits per heavy atom. The van der Waals surface area contributed by atoms with E-state index in [9.17, 15) is 13.2 Å². The number of hydrogen-bond donors (Lipinski definition) is 1. The van der Waals surface area contributed by atoms with Crippen LogP contribution in [0.4, 0.5) is 13.2 Å². The summed E-state index contributed by atoms with van der Waals surface area (Å²) in [7, 11) is 0. The Hall–Kier alpha value is -0.250. The van der Waals surface area contributed by atoms with Crippen molar-refractivity contribution in [1.82, 2.24) is 4.90 Å². The number of hydrogen-bond acceptors (Lipinski definition) is 2. The molecule has 2 N–H and O–H groups in total. The second-order valence-corrected chi connectivity index (χ2v) is 5.57. The topological polar surface area (TPSA) is 50.8 Å². The fourth-order valence-electron chi connectivity index (χ4n) is 2.87. The maximum absolute atomic E-state index is 12.7. The van der Waals surface area contributed by atoms with Gasteiger partial charge in [-0.15, -0.1) is 24.0 Å². The van der Waals surface area contributed by atoms with E-state index in [-0.39, 0.29) is 42.7 Å². The van der Waals surface area contributed by atoms with Crippen molar-refractivity contribution in [2.24, 2.45) is 22.6 Å². The Bertz CT molecular complexity index is 346. The largest absolute Gasteiger partial charge is 0.391 e. The lowest BCUT2D eigenvalue weighted by atomic mass is 9.81. The third-order valence-corrected chi connectivity index (χ3v) is 4.09. The van der Waals surface area contributed by atoms with E-state index in [0.29, 0.717) is 45.2 Å². The number of aliphatic imine (C=N–C) groups is 1. The number of ether oxygens (including phenoxy) is 1. The van der Waals surface area contributed by atoms with E-state index in [0.717, 1.165) is 6.42 Å². The molecule has 21 heavy (non-hydrogen) atoms. The lowest BCUT2D eigenvalue weighted by molar-refractivity contribution is -0.185. The third-order valence-electron chi connectivity index (χ3n) is 4.09.